The third kappa shape index (κ3) is 5.51. The Hall–Kier alpha value is -3.02. The van der Waals surface area contributed by atoms with Gasteiger partial charge in [0.15, 0.2) is 0 Å². The molecular weight excluding hydrogens is 332 g/mol. The lowest BCUT2D eigenvalue weighted by Crippen LogP contribution is -2.27. The van der Waals surface area contributed by atoms with Crippen molar-refractivity contribution in [2.45, 2.75) is 33.3 Å². The van der Waals surface area contributed by atoms with E-state index >= 15 is 0 Å². The van der Waals surface area contributed by atoms with E-state index in [0.29, 0.717) is 22.7 Å². The molecule has 2 N–H and O–H groups in total. The van der Waals surface area contributed by atoms with Gasteiger partial charge in [-0.1, -0.05) is 6.07 Å². The highest BCUT2D eigenvalue weighted by molar-refractivity contribution is 6.05. The van der Waals surface area contributed by atoms with E-state index in [1.165, 1.54) is 0 Å². The van der Waals surface area contributed by atoms with Crippen molar-refractivity contribution in [1.82, 2.24) is 0 Å². The highest BCUT2D eigenvalue weighted by atomic mass is 16.6. The number of hydrogen-bond acceptors (Lipinski definition) is 4. The van der Waals surface area contributed by atoms with Crippen LogP contribution >= 0.6 is 0 Å². The van der Waals surface area contributed by atoms with Gasteiger partial charge in [0, 0.05) is 11.3 Å². The van der Waals surface area contributed by atoms with Gasteiger partial charge in [-0.15, -0.1) is 0 Å². The van der Waals surface area contributed by atoms with Crippen LogP contribution in [0.1, 0.15) is 36.7 Å². The number of nitrogens with one attached hydrogen (secondary N) is 2. The standard InChI is InChI=1S/C20H24N2O4/c1-13-6-11-17(25-5)16(12-13)22-18(23)14-7-9-15(10-8-14)21-19(24)26-20(2,3)4/h6-12H,1-5H3,(H,21,24)(H,22,23). The van der Waals surface area contributed by atoms with Crippen molar-refractivity contribution >= 4 is 23.4 Å². The molecular formula is C20H24N2O4. The minimum atomic E-state index is -0.573. The van der Waals surface area contributed by atoms with Crippen LogP contribution in [-0.2, 0) is 4.74 Å². The van der Waals surface area contributed by atoms with Crippen molar-refractivity contribution in [3.63, 3.8) is 0 Å². The average Bonchev–Trinajstić information content (AvgIpc) is 2.54. The van der Waals surface area contributed by atoms with Crippen LogP contribution in [0.25, 0.3) is 0 Å². The lowest BCUT2D eigenvalue weighted by atomic mass is 10.1. The van der Waals surface area contributed by atoms with Crippen LogP contribution in [0.3, 0.4) is 0 Å². The molecule has 0 bridgehead atoms. The molecule has 0 atom stereocenters. The second kappa shape index (κ2) is 7.91. The van der Waals surface area contributed by atoms with Crippen LogP contribution in [0, 0.1) is 6.92 Å². The van der Waals surface area contributed by atoms with Crippen LogP contribution in [0.2, 0.25) is 0 Å². The molecule has 2 aromatic rings. The Morgan fingerprint density at radius 2 is 1.62 bits per heavy atom. The zero-order valence-electron chi connectivity index (χ0n) is 15.7. The number of rotatable bonds is 4. The van der Waals surface area contributed by atoms with Gasteiger partial charge in [0.05, 0.1) is 12.8 Å². The summed E-state index contributed by atoms with van der Waals surface area (Å²) in [6.07, 6.45) is -0.542. The van der Waals surface area contributed by atoms with E-state index in [4.69, 9.17) is 9.47 Å². The molecule has 0 spiro atoms. The molecule has 0 aliphatic heterocycles. The van der Waals surface area contributed by atoms with Crippen LogP contribution in [-0.4, -0.2) is 24.7 Å². The van der Waals surface area contributed by atoms with E-state index in [9.17, 15) is 9.59 Å². The quantitative estimate of drug-likeness (QED) is 0.839. The number of methoxy groups -OCH3 is 1. The van der Waals surface area contributed by atoms with Crippen molar-refractivity contribution < 1.29 is 19.1 Å². The normalized spacial score (nSPS) is 10.8. The SMILES string of the molecule is COc1ccc(C)cc1NC(=O)c1ccc(NC(=O)OC(C)(C)C)cc1. The summed E-state index contributed by atoms with van der Waals surface area (Å²) in [5.74, 6) is 0.324. The minimum absolute atomic E-state index is 0.266. The van der Waals surface area contributed by atoms with Crippen molar-refractivity contribution in [3.8, 4) is 5.75 Å². The summed E-state index contributed by atoms with van der Waals surface area (Å²) in [4.78, 5) is 24.2. The van der Waals surface area contributed by atoms with Crippen LogP contribution in [0.5, 0.6) is 5.75 Å². The number of aryl methyl sites for hydroxylation is 1. The zero-order chi connectivity index (χ0) is 19.3. The maximum atomic E-state index is 12.4. The summed E-state index contributed by atoms with van der Waals surface area (Å²) in [5.41, 5.74) is 2.05. The Kier molecular flexibility index (Phi) is 5.87. The molecule has 0 saturated heterocycles. The minimum Gasteiger partial charge on any atom is -0.495 e. The second-order valence-electron chi connectivity index (χ2n) is 6.86. The van der Waals surface area contributed by atoms with Crippen molar-refractivity contribution in [2.75, 3.05) is 17.7 Å². The van der Waals surface area contributed by atoms with Gasteiger partial charge in [-0.3, -0.25) is 10.1 Å². The lowest BCUT2D eigenvalue weighted by Gasteiger charge is -2.19. The molecule has 6 nitrogen and oxygen atoms in total. The van der Waals surface area contributed by atoms with E-state index in [1.807, 2.05) is 19.1 Å². The number of carbonyl (C=O) groups is 2. The monoisotopic (exact) mass is 356 g/mol. The summed E-state index contributed by atoms with van der Waals surface area (Å²) in [5, 5.41) is 5.46. The van der Waals surface area contributed by atoms with Crippen molar-refractivity contribution in [3.05, 3.63) is 53.6 Å². The second-order valence-corrected chi connectivity index (χ2v) is 6.86. The molecule has 2 amide bonds. The molecule has 0 heterocycles. The summed E-state index contributed by atoms with van der Waals surface area (Å²) >= 11 is 0. The zero-order valence-corrected chi connectivity index (χ0v) is 15.7. The fourth-order valence-corrected chi connectivity index (χ4v) is 2.24. The fraction of sp³-hybridized carbons (Fsp3) is 0.300. The van der Waals surface area contributed by atoms with Crippen molar-refractivity contribution in [2.24, 2.45) is 0 Å². The van der Waals surface area contributed by atoms with Crippen LogP contribution < -0.4 is 15.4 Å². The first-order valence-electron chi connectivity index (χ1n) is 8.24. The number of benzene rings is 2. The first kappa shape index (κ1) is 19.3. The molecule has 0 fully saturated rings. The van der Waals surface area contributed by atoms with Gasteiger partial charge in [-0.2, -0.15) is 0 Å². The number of ether oxygens (including phenoxy) is 2. The molecule has 0 aromatic heterocycles. The van der Waals surface area contributed by atoms with Gasteiger partial charge < -0.3 is 14.8 Å². The number of amides is 2. The smallest absolute Gasteiger partial charge is 0.412 e. The van der Waals surface area contributed by atoms with E-state index in [2.05, 4.69) is 10.6 Å². The molecule has 26 heavy (non-hydrogen) atoms. The summed E-state index contributed by atoms with van der Waals surface area (Å²) in [6, 6.07) is 12.1. The number of hydrogen-bond donors (Lipinski definition) is 2. The highest BCUT2D eigenvalue weighted by Crippen LogP contribution is 2.26. The first-order chi connectivity index (χ1) is 12.2. The lowest BCUT2D eigenvalue weighted by molar-refractivity contribution is 0.0636. The van der Waals surface area contributed by atoms with E-state index in [0.717, 1.165) is 5.56 Å². The predicted octanol–water partition coefficient (Wildman–Crippen LogP) is 4.60. The Balaban J connectivity index is 2.05. The molecule has 6 heteroatoms. The fourth-order valence-electron chi connectivity index (χ4n) is 2.24. The predicted molar refractivity (Wildman–Crippen MR) is 102 cm³/mol. The van der Waals surface area contributed by atoms with Gasteiger partial charge in [-0.05, 0) is 69.7 Å². The Labute approximate surface area is 153 Å². The van der Waals surface area contributed by atoms with Gasteiger partial charge in [-0.25, -0.2) is 4.79 Å². The average molecular weight is 356 g/mol. The maximum absolute atomic E-state index is 12.4. The largest absolute Gasteiger partial charge is 0.495 e. The maximum Gasteiger partial charge on any atom is 0.412 e. The van der Waals surface area contributed by atoms with E-state index in [1.54, 1.807) is 58.2 Å². The van der Waals surface area contributed by atoms with Crippen LogP contribution in [0.15, 0.2) is 42.5 Å². The summed E-state index contributed by atoms with van der Waals surface area (Å²) in [7, 11) is 1.55. The van der Waals surface area contributed by atoms with Crippen LogP contribution in [0.4, 0.5) is 16.2 Å². The molecule has 0 unspecified atom stereocenters. The molecule has 0 aliphatic rings. The number of carbonyl (C=O) groups excluding carboxylic acids is 2. The third-order valence-electron chi connectivity index (χ3n) is 3.40. The van der Waals surface area contributed by atoms with Gasteiger partial charge in [0.1, 0.15) is 11.4 Å². The van der Waals surface area contributed by atoms with Crippen molar-refractivity contribution in [1.29, 1.82) is 0 Å². The van der Waals surface area contributed by atoms with E-state index in [-0.39, 0.29) is 5.91 Å². The summed E-state index contributed by atoms with van der Waals surface area (Å²) < 4.78 is 10.5. The molecule has 0 aliphatic carbocycles. The third-order valence-corrected chi connectivity index (χ3v) is 3.40. The first-order valence-corrected chi connectivity index (χ1v) is 8.24. The topological polar surface area (TPSA) is 76.7 Å². The van der Waals surface area contributed by atoms with E-state index < -0.39 is 11.7 Å². The van der Waals surface area contributed by atoms with Gasteiger partial charge >= 0.3 is 6.09 Å². The molecule has 0 radical (unpaired) electrons. The molecule has 2 rings (SSSR count). The Morgan fingerprint density at radius 1 is 0.962 bits per heavy atom. The highest BCUT2D eigenvalue weighted by Gasteiger charge is 2.16. The Morgan fingerprint density at radius 3 is 2.19 bits per heavy atom. The molecule has 0 saturated carbocycles. The molecule has 2 aromatic carbocycles. The van der Waals surface area contributed by atoms with Gasteiger partial charge in [0.2, 0.25) is 0 Å². The molecule has 138 valence electrons. The number of anilines is 2. The summed E-state index contributed by atoms with van der Waals surface area (Å²) in [6.45, 7) is 7.31. The van der Waals surface area contributed by atoms with Gasteiger partial charge in [0.25, 0.3) is 5.91 Å². The Bertz CT molecular complexity index is 792.